The van der Waals surface area contributed by atoms with Crippen molar-refractivity contribution in [3.63, 3.8) is 0 Å². The Hall–Kier alpha value is -3.58. The van der Waals surface area contributed by atoms with Gasteiger partial charge in [-0.15, -0.1) is 11.3 Å². The molecule has 1 aromatic heterocycles. The van der Waals surface area contributed by atoms with Crippen molar-refractivity contribution in [1.82, 2.24) is 0 Å². The third kappa shape index (κ3) is 7.46. The summed E-state index contributed by atoms with van der Waals surface area (Å²) in [4.78, 5) is 25.4. The zero-order chi connectivity index (χ0) is 25.8. The summed E-state index contributed by atoms with van der Waals surface area (Å²) in [5, 5.41) is 5.14. The molecule has 0 saturated carbocycles. The number of carbonyl (C=O) groups is 2. The molecule has 0 saturated heterocycles. The van der Waals surface area contributed by atoms with E-state index < -0.39 is 5.97 Å². The highest BCUT2D eigenvalue weighted by molar-refractivity contribution is 7.15. The summed E-state index contributed by atoms with van der Waals surface area (Å²) in [6.07, 6.45) is 7.65. The van der Waals surface area contributed by atoms with Crippen LogP contribution in [0.25, 0.3) is 17.2 Å². The van der Waals surface area contributed by atoms with Gasteiger partial charge in [0.2, 0.25) is 5.91 Å². The summed E-state index contributed by atoms with van der Waals surface area (Å²) in [6, 6.07) is 15.1. The predicted octanol–water partition coefficient (Wildman–Crippen LogP) is 7.21. The highest BCUT2D eigenvalue weighted by Gasteiger charge is 2.22. The maximum Gasteiger partial charge on any atom is 0.341 e. The molecule has 0 radical (unpaired) electrons. The molecular weight excluding hydrogens is 474 g/mol. The summed E-state index contributed by atoms with van der Waals surface area (Å²) in [5.41, 5.74) is 2.76. The number of carbonyl (C=O) groups excluding carboxylic acids is 2. The van der Waals surface area contributed by atoms with Crippen molar-refractivity contribution < 1.29 is 23.8 Å². The molecule has 0 unspecified atom stereocenters. The molecule has 1 N–H and O–H groups in total. The Kier molecular flexibility index (Phi) is 10.6. The van der Waals surface area contributed by atoms with Crippen LogP contribution in [-0.4, -0.2) is 32.2 Å². The lowest BCUT2D eigenvalue weighted by atomic mass is 10.0. The molecule has 0 aliphatic heterocycles. The Labute approximate surface area is 216 Å². The van der Waals surface area contributed by atoms with E-state index in [1.165, 1.54) is 30.3 Å². The zero-order valence-corrected chi connectivity index (χ0v) is 21.9. The minimum absolute atomic E-state index is 0.247. The monoisotopic (exact) mass is 507 g/mol. The number of thiophene rings is 1. The van der Waals surface area contributed by atoms with Crippen LogP contribution < -0.4 is 14.8 Å². The van der Waals surface area contributed by atoms with E-state index in [4.69, 9.17) is 14.2 Å². The lowest BCUT2D eigenvalue weighted by Crippen LogP contribution is -2.12. The normalized spacial score (nSPS) is 10.9. The predicted molar refractivity (Wildman–Crippen MR) is 146 cm³/mol. The molecule has 2 aromatic carbocycles. The zero-order valence-electron chi connectivity index (χ0n) is 21.0. The molecular formula is C29H33NO5S. The Morgan fingerprint density at radius 3 is 2.53 bits per heavy atom. The van der Waals surface area contributed by atoms with Crippen LogP contribution in [0.5, 0.6) is 11.5 Å². The summed E-state index contributed by atoms with van der Waals surface area (Å²) in [7, 11) is 1.59. The van der Waals surface area contributed by atoms with Crippen LogP contribution in [0.3, 0.4) is 0 Å². The number of unbranched alkanes of at least 4 members (excludes halogenated alkanes) is 3. The number of hydrogen-bond donors (Lipinski definition) is 1. The fourth-order valence-electron chi connectivity index (χ4n) is 3.63. The summed E-state index contributed by atoms with van der Waals surface area (Å²) in [5.74, 6) is 0.481. The summed E-state index contributed by atoms with van der Waals surface area (Å²) >= 11 is 1.29. The third-order valence-electron chi connectivity index (χ3n) is 5.46. The smallest absolute Gasteiger partial charge is 0.341 e. The first-order valence-corrected chi connectivity index (χ1v) is 13.1. The average Bonchev–Trinajstić information content (AvgIpc) is 3.31. The van der Waals surface area contributed by atoms with Gasteiger partial charge in [0.15, 0.2) is 11.5 Å². The quantitative estimate of drug-likeness (QED) is 0.150. The largest absolute Gasteiger partial charge is 0.493 e. The number of anilines is 1. The molecule has 3 aromatic rings. The maximum atomic E-state index is 12.7. The van der Waals surface area contributed by atoms with E-state index in [9.17, 15) is 9.59 Å². The van der Waals surface area contributed by atoms with Crippen LogP contribution in [0, 0.1) is 0 Å². The van der Waals surface area contributed by atoms with E-state index in [2.05, 4.69) is 12.2 Å². The van der Waals surface area contributed by atoms with Gasteiger partial charge in [-0.1, -0.05) is 62.6 Å². The van der Waals surface area contributed by atoms with Gasteiger partial charge in [-0.2, -0.15) is 0 Å². The van der Waals surface area contributed by atoms with Crippen molar-refractivity contribution in [3.05, 3.63) is 71.1 Å². The lowest BCUT2D eigenvalue weighted by molar-refractivity contribution is -0.111. The molecule has 190 valence electrons. The molecule has 6 nitrogen and oxygen atoms in total. The van der Waals surface area contributed by atoms with Crippen molar-refractivity contribution in [1.29, 1.82) is 0 Å². The van der Waals surface area contributed by atoms with Gasteiger partial charge in [0, 0.05) is 17.0 Å². The fourth-order valence-corrected chi connectivity index (χ4v) is 4.59. The van der Waals surface area contributed by atoms with E-state index >= 15 is 0 Å². The van der Waals surface area contributed by atoms with Gasteiger partial charge < -0.3 is 19.5 Å². The third-order valence-corrected chi connectivity index (χ3v) is 6.36. The number of hydrogen-bond acceptors (Lipinski definition) is 6. The van der Waals surface area contributed by atoms with Gasteiger partial charge in [-0.05, 0) is 42.7 Å². The number of rotatable bonds is 13. The number of benzene rings is 2. The second-order valence-corrected chi connectivity index (χ2v) is 8.96. The molecule has 36 heavy (non-hydrogen) atoms. The van der Waals surface area contributed by atoms with Crippen molar-refractivity contribution in [2.24, 2.45) is 0 Å². The van der Waals surface area contributed by atoms with E-state index in [0.717, 1.165) is 29.5 Å². The number of nitrogens with one attached hydrogen (secondary N) is 1. The first kappa shape index (κ1) is 27.0. The van der Waals surface area contributed by atoms with Gasteiger partial charge in [-0.3, -0.25) is 4.79 Å². The lowest BCUT2D eigenvalue weighted by Gasteiger charge is -2.11. The van der Waals surface area contributed by atoms with E-state index in [0.29, 0.717) is 28.7 Å². The van der Waals surface area contributed by atoms with Gasteiger partial charge in [0.05, 0.1) is 20.3 Å². The number of amides is 1. The number of methoxy groups -OCH3 is 1. The summed E-state index contributed by atoms with van der Waals surface area (Å²) in [6.45, 7) is 4.82. The number of ether oxygens (including phenoxy) is 3. The fraction of sp³-hybridized carbons (Fsp3) is 0.310. The maximum absolute atomic E-state index is 12.7. The minimum atomic E-state index is -0.466. The van der Waals surface area contributed by atoms with Crippen LogP contribution in [0.2, 0.25) is 0 Å². The van der Waals surface area contributed by atoms with Crippen LogP contribution in [-0.2, 0) is 9.53 Å². The first-order valence-electron chi connectivity index (χ1n) is 12.2. The number of esters is 1. The van der Waals surface area contributed by atoms with Crippen LogP contribution >= 0.6 is 11.3 Å². The molecule has 0 atom stereocenters. The first-order chi connectivity index (χ1) is 17.6. The van der Waals surface area contributed by atoms with E-state index in [1.807, 2.05) is 53.9 Å². The van der Waals surface area contributed by atoms with Gasteiger partial charge >= 0.3 is 5.97 Å². The van der Waals surface area contributed by atoms with E-state index in [-0.39, 0.29) is 12.5 Å². The Morgan fingerprint density at radius 1 is 1.00 bits per heavy atom. The standard InChI is InChI=1S/C29H33NO5S/c1-4-6-7-11-18-35-24-16-14-21(19-25(24)33-3)15-17-26(31)30-28-27(29(32)34-5-2)23(20-36-28)22-12-9-8-10-13-22/h8-10,12-17,19-20H,4-7,11,18H2,1-3H3,(H,30,31)/b17-15+. The van der Waals surface area contributed by atoms with Crippen LogP contribution in [0.1, 0.15) is 55.5 Å². The molecule has 0 aliphatic rings. The van der Waals surface area contributed by atoms with Gasteiger partial charge in [0.25, 0.3) is 0 Å². The Bertz CT molecular complexity index is 1170. The topological polar surface area (TPSA) is 73.9 Å². The van der Waals surface area contributed by atoms with Crippen LogP contribution in [0.15, 0.2) is 60.0 Å². The molecule has 0 aliphatic carbocycles. The second kappa shape index (κ2) is 14.1. The van der Waals surface area contributed by atoms with Gasteiger partial charge in [0.1, 0.15) is 10.6 Å². The molecule has 0 fully saturated rings. The van der Waals surface area contributed by atoms with Crippen molar-refractivity contribution in [3.8, 4) is 22.6 Å². The molecule has 0 spiro atoms. The SMILES string of the molecule is CCCCCCOc1ccc(/C=C/C(=O)Nc2scc(-c3ccccc3)c2C(=O)OCC)cc1OC. The van der Waals surface area contributed by atoms with E-state index in [1.54, 1.807) is 20.1 Å². The van der Waals surface area contributed by atoms with Crippen molar-refractivity contribution in [2.75, 3.05) is 25.6 Å². The minimum Gasteiger partial charge on any atom is -0.493 e. The van der Waals surface area contributed by atoms with Crippen molar-refractivity contribution >= 4 is 34.3 Å². The highest BCUT2D eigenvalue weighted by atomic mass is 32.1. The summed E-state index contributed by atoms with van der Waals surface area (Å²) < 4.78 is 16.6. The average molecular weight is 508 g/mol. The van der Waals surface area contributed by atoms with Gasteiger partial charge in [-0.25, -0.2) is 4.79 Å². The van der Waals surface area contributed by atoms with Crippen LogP contribution in [0.4, 0.5) is 5.00 Å². The Morgan fingerprint density at radius 2 is 1.81 bits per heavy atom. The molecule has 0 bridgehead atoms. The Balaban J connectivity index is 1.71. The molecule has 7 heteroatoms. The van der Waals surface area contributed by atoms with Crippen molar-refractivity contribution in [2.45, 2.75) is 39.5 Å². The second-order valence-electron chi connectivity index (χ2n) is 8.08. The molecule has 3 rings (SSSR count). The highest BCUT2D eigenvalue weighted by Crippen LogP contribution is 2.36. The molecule has 1 heterocycles. The molecule has 1 amide bonds.